The molecule has 1 aromatic carbocycles. The molecule has 1 saturated heterocycles. The standard InChI is InChI=1S/C13H16N2O4/c1-7-5-14-6-10(7)12(17)15-8-2-3-11(16)9(4-8)13(18)19/h2-4,7,10,14,16H,5-6H2,1H3,(H,15,17)(H,18,19). The predicted octanol–water partition coefficient (Wildman–Crippen LogP) is 0.884. The molecule has 2 unspecified atom stereocenters. The van der Waals surface area contributed by atoms with Crippen molar-refractivity contribution < 1.29 is 19.8 Å². The van der Waals surface area contributed by atoms with Gasteiger partial charge in [0.05, 0.1) is 5.92 Å². The first-order chi connectivity index (χ1) is 8.99. The van der Waals surface area contributed by atoms with Gasteiger partial charge in [0.1, 0.15) is 11.3 Å². The second-order valence-corrected chi connectivity index (χ2v) is 4.77. The maximum absolute atomic E-state index is 12.0. The smallest absolute Gasteiger partial charge is 0.339 e. The van der Waals surface area contributed by atoms with E-state index in [-0.39, 0.29) is 29.1 Å². The second kappa shape index (κ2) is 5.27. The molecular weight excluding hydrogens is 248 g/mol. The van der Waals surface area contributed by atoms with Gasteiger partial charge in [-0.15, -0.1) is 0 Å². The molecule has 1 amide bonds. The highest BCUT2D eigenvalue weighted by atomic mass is 16.4. The van der Waals surface area contributed by atoms with Gasteiger partial charge in [-0.05, 0) is 30.7 Å². The molecule has 1 aliphatic heterocycles. The molecule has 19 heavy (non-hydrogen) atoms. The summed E-state index contributed by atoms with van der Waals surface area (Å²) in [5.74, 6) is -1.57. The first kappa shape index (κ1) is 13.4. The van der Waals surface area contributed by atoms with E-state index in [2.05, 4.69) is 10.6 Å². The van der Waals surface area contributed by atoms with Crippen LogP contribution in [0, 0.1) is 11.8 Å². The molecule has 1 aromatic rings. The molecule has 6 heteroatoms. The Kier molecular flexibility index (Phi) is 3.71. The lowest BCUT2D eigenvalue weighted by Crippen LogP contribution is -2.27. The van der Waals surface area contributed by atoms with Gasteiger partial charge in [0.25, 0.3) is 0 Å². The number of hydrogen-bond donors (Lipinski definition) is 4. The Morgan fingerprint density at radius 2 is 2.11 bits per heavy atom. The number of aromatic hydroxyl groups is 1. The third-order valence-corrected chi connectivity index (χ3v) is 3.35. The molecule has 0 spiro atoms. The Morgan fingerprint density at radius 1 is 1.37 bits per heavy atom. The normalized spacial score (nSPS) is 22.2. The van der Waals surface area contributed by atoms with Crippen LogP contribution in [0.5, 0.6) is 5.75 Å². The fraction of sp³-hybridized carbons (Fsp3) is 0.385. The van der Waals surface area contributed by atoms with E-state index in [4.69, 9.17) is 5.11 Å². The number of anilines is 1. The average Bonchev–Trinajstić information content (AvgIpc) is 2.77. The third-order valence-electron chi connectivity index (χ3n) is 3.35. The average molecular weight is 264 g/mol. The SMILES string of the molecule is CC1CNCC1C(=O)Nc1ccc(O)c(C(=O)O)c1. The number of aromatic carboxylic acids is 1. The van der Waals surface area contributed by atoms with Gasteiger partial charge in [-0.25, -0.2) is 4.79 Å². The predicted molar refractivity (Wildman–Crippen MR) is 69.2 cm³/mol. The number of hydrogen-bond acceptors (Lipinski definition) is 4. The van der Waals surface area contributed by atoms with E-state index in [1.54, 1.807) is 0 Å². The maximum atomic E-state index is 12.0. The topological polar surface area (TPSA) is 98.7 Å². The summed E-state index contributed by atoms with van der Waals surface area (Å²) in [5, 5.41) is 24.1. The van der Waals surface area contributed by atoms with Crippen molar-refractivity contribution >= 4 is 17.6 Å². The van der Waals surface area contributed by atoms with Crippen LogP contribution in [0.1, 0.15) is 17.3 Å². The Morgan fingerprint density at radius 3 is 2.68 bits per heavy atom. The lowest BCUT2D eigenvalue weighted by atomic mass is 9.97. The summed E-state index contributed by atoms with van der Waals surface area (Å²) in [6.07, 6.45) is 0. The molecular formula is C13H16N2O4. The highest BCUT2D eigenvalue weighted by Gasteiger charge is 2.29. The fourth-order valence-electron chi connectivity index (χ4n) is 2.18. The zero-order valence-electron chi connectivity index (χ0n) is 10.5. The molecule has 102 valence electrons. The van der Waals surface area contributed by atoms with E-state index < -0.39 is 5.97 Å². The van der Waals surface area contributed by atoms with Crippen molar-refractivity contribution in [2.75, 3.05) is 18.4 Å². The molecule has 1 heterocycles. The summed E-state index contributed by atoms with van der Waals surface area (Å²) in [6, 6.07) is 3.99. The lowest BCUT2D eigenvalue weighted by molar-refractivity contribution is -0.120. The molecule has 2 rings (SSSR count). The molecule has 0 aromatic heterocycles. The van der Waals surface area contributed by atoms with Crippen LogP contribution in [0.25, 0.3) is 0 Å². The Balaban J connectivity index is 2.13. The van der Waals surface area contributed by atoms with E-state index in [1.807, 2.05) is 6.92 Å². The minimum absolute atomic E-state index is 0.123. The van der Waals surface area contributed by atoms with Crippen molar-refractivity contribution in [1.29, 1.82) is 0 Å². The van der Waals surface area contributed by atoms with Gasteiger partial charge >= 0.3 is 5.97 Å². The highest BCUT2D eigenvalue weighted by molar-refractivity contribution is 5.96. The number of phenols is 1. The highest BCUT2D eigenvalue weighted by Crippen LogP contribution is 2.23. The quantitative estimate of drug-likeness (QED) is 0.608. The van der Waals surface area contributed by atoms with Crippen LogP contribution in [-0.4, -0.2) is 35.2 Å². The lowest BCUT2D eigenvalue weighted by Gasteiger charge is -2.14. The molecule has 2 atom stereocenters. The van der Waals surface area contributed by atoms with Gasteiger partial charge in [-0.3, -0.25) is 4.79 Å². The molecule has 0 radical (unpaired) electrons. The number of nitrogens with one attached hydrogen (secondary N) is 2. The number of carboxylic acids is 1. The Hall–Kier alpha value is -2.08. The minimum Gasteiger partial charge on any atom is -0.507 e. The van der Waals surface area contributed by atoms with Crippen molar-refractivity contribution in [1.82, 2.24) is 5.32 Å². The van der Waals surface area contributed by atoms with Crippen LogP contribution >= 0.6 is 0 Å². The molecule has 0 aliphatic carbocycles. The summed E-state index contributed by atoms with van der Waals surface area (Å²) in [5.41, 5.74) is 0.148. The zero-order valence-corrected chi connectivity index (χ0v) is 10.5. The monoisotopic (exact) mass is 264 g/mol. The van der Waals surface area contributed by atoms with E-state index in [0.29, 0.717) is 12.2 Å². The van der Waals surface area contributed by atoms with Crippen LogP contribution in [0.3, 0.4) is 0 Å². The molecule has 1 fully saturated rings. The molecule has 1 aliphatic rings. The summed E-state index contributed by atoms with van der Waals surface area (Å²) >= 11 is 0. The summed E-state index contributed by atoms with van der Waals surface area (Å²) in [4.78, 5) is 22.9. The van der Waals surface area contributed by atoms with Crippen LogP contribution in [0.4, 0.5) is 5.69 Å². The Bertz CT molecular complexity index is 515. The van der Waals surface area contributed by atoms with Crippen LogP contribution in [-0.2, 0) is 4.79 Å². The van der Waals surface area contributed by atoms with Crippen LogP contribution < -0.4 is 10.6 Å². The van der Waals surface area contributed by atoms with Crippen molar-refractivity contribution in [2.24, 2.45) is 11.8 Å². The van der Waals surface area contributed by atoms with Crippen molar-refractivity contribution in [3.05, 3.63) is 23.8 Å². The van der Waals surface area contributed by atoms with Crippen LogP contribution in [0.2, 0.25) is 0 Å². The summed E-state index contributed by atoms with van der Waals surface area (Å²) in [7, 11) is 0. The van der Waals surface area contributed by atoms with Gasteiger partial charge < -0.3 is 20.8 Å². The van der Waals surface area contributed by atoms with Gasteiger partial charge in [-0.1, -0.05) is 6.92 Å². The molecule has 0 saturated carbocycles. The van der Waals surface area contributed by atoms with Crippen molar-refractivity contribution in [3.8, 4) is 5.75 Å². The first-order valence-corrected chi connectivity index (χ1v) is 6.07. The van der Waals surface area contributed by atoms with E-state index in [1.165, 1.54) is 18.2 Å². The largest absolute Gasteiger partial charge is 0.507 e. The van der Waals surface area contributed by atoms with E-state index in [9.17, 15) is 14.7 Å². The first-order valence-electron chi connectivity index (χ1n) is 6.07. The number of benzene rings is 1. The number of rotatable bonds is 3. The molecule has 0 bridgehead atoms. The van der Waals surface area contributed by atoms with Crippen molar-refractivity contribution in [3.63, 3.8) is 0 Å². The minimum atomic E-state index is -1.23. The van der Waals surface area contributed by atoms with Gasteiger partial charge in [0.2, 0.25) is 5.91 Å². The number of carbonyl (C=O) groups excluding carboxylic acids is 1. The fourth-order valence-corrected chi connectivity index (χ4v) is 2.18. The molecule has 4 N–H and O–H groups in total. The second-order valence-electron chi connectivity index (χ2n) is 4.77. The van der Waals surface area contributed by atoms with Gasteiger partial charge in [0.15, 0.2) is 0 Å². The number of carbonyl (C=O) groups is 2. The third kappa shape index (κ3) is 2.85. The number of carboxylic acid groups (broad SMARTS) is 1. The summed E-state index contributed by atoms with van der Waals surface area (Å²) < 4.78 is 0. The van der Waals surface area contributed by atoms with E-state index >= 15 is 0 Å². The zero-order chi connectivity index (χ0) is 14.0. The van der Waals surface area contributed by atoms with Gasteiger partial charge in [0, 0.05) is 12.2 Å². The molecule has 6 nitrogen and oxygen atoms in total. The number of amides is 1. The Labute approximate surface area is 110 Å². The van der Waals surface area contributed by atoms with Crippen molar-refractivity contribution in [2.45, 2.75) is 6.92 Å². The maximum Gasteiger partial charge on any atom is 0.339 e. The van der Waals surface area contributed by atoms with Gasteiger partial charge in [-0.2, -0.15) is 0 Å². The van der Waals surface area contributed by atoms with Crippen LogP contribution in [0.15, 0.2) is 18.2 Å². The summed E-state index contributed by atoms with van der Waals surface area (Å²) in [6.45, 7) is 3.41. The van der Waals surface area contributed by atoms with E-state index in [0.717, 1.165) is 6.54 Å².